The first-order valence-corrected chi connectivity index (χ1v) is 6.61. The molecular formula is C12H13BrClNO2. The highest BCUT2D eigenvalue weighted by atomic mass is 79.9. The first-order valence-electron chi connectivity index (χ1n) is 5.44. The van der Waals surface area contributed by atoms with E-state index >= 15 is 0 Å². The molecule has 0 aromatic heterocycles. The van der Waals surface area contributed by atoms with E-state index in [-0.39, 0.29) is 12.0 Å². The minimum Gasteiger partial charge on any atom is -0.375 e. The SMILES string of the molecule is CC1CN(C(=O)c2ccc(Br)c(Cl)c2)CCO1. The molecule has 1 atom stereocenters. The van der Waals surface area contributed by atoms with Crippen LogP contribution in [0.15, 0.2) is 22.7 Å². The number of hydrogen-bond acceptors (Lipinski definition) is 2. The zero-order chi connectivity index (χ0) is 12.4. The summed E-state index contributed by atoms with van der Waals surface area (Å²) in [7, 11) is 0. The summed E-state index contributed by atoms with van der Waals surface area (Å²) >= 11 is 9.29. The lowest BCUT2D eigenvalue weighted by molar-refractivity contribution is -0.0124. The van der Waals surface area contributed by atoms with Gasteiger partial charge in [0.2, 0.25) is 0 Å². The predicted molar refractivity (Wildman–Crippen MR) is 70.5 cm³/mol. The van der Waals surface area contributed by atoms with E-state index in [2.05, 4.69) is 15.9 Å². The molecule has 0 bridgehead atoms. The molecule has 0 N–H and O–H groups in total. The van der Waals surface area contributed by atoms with Gasteiger partial charge in [-0.15, -0.1) is 0 Å². The standard InChI is InChI=1S/C12H13BrClNO2/c1-8-7-15(4-5-17-8)12(16)9-2-3-10(13)11(14)6-9/h2-3,6,8H,4-5,7H2,1H3. The van der Waals surface area contributed by atoms with Gasteiger partial charge in [0.15, 0.2) is 0 Å². The molecule has 0 aliphatic carbocycles. The van der Waals surface area contributed by atoms with Crippen molar-refractivity contribution in [3.63, 3.8) is 0 Å². The maximum Gasteiger partial charge on any atom is 0.254 e. The number of halogens is 2. The van der Waals surface area contributed by atoms with Crippen molar-refractivity contribution in [3.05, 3.63) is 33.3 Å². The molecule has 92 valence electrons. The van der Waals surface area contributed by atoms with Crippen LogP contribution in [0.5, 0.6) is 0 Å². The Morgan fingerprint density at radius 3 is 3.00 bits per heavy atom. The Labute approximate surface area is 114 Å². The Morgan fingerprint density at radius 2 is 2.35 bits per heavy atom. The summed E-state index contributed by atoms with van der Waals surface area (Å²) in [4.78, 5) is 14.0. The lowest BCUT2D eigenvalue weighted by Gasteiger charge is -2.31. The number of nitrogens with zero attached hydrogens (tertiary/aromatic N) is 1. The summed E-state index contributed by atoms with van der Waals surface area (Å²) in [5.74, 6) is 0.00884. The van der Waals surface area contributed by atoms with E-state index in [0.717, 1.165) is 4.47 Å². The van der Waals surface area contributed by atoms with Crippen molar-refractivity contribution in [2.45, 2.75) is 13.0 Å². The maximum absolute atomic E-state index is 12.2. The van der Waals surface area contributed by atoms with Crippen molar-refractivity contribution in [1.82, 2.24) is 4.90 Å². The summed E-state index contributed by atoms with van der Waals surface area (Å²) in [5, 5.41) is 0.553. The van der Waals surface area contributed by atoms with Gasteiger partial charge in [-0.3, -0.25) is 4.79 Å². The summed E-state index contributed by atoms with van der Waals surface area (Å²) in [5.41, 5.74) is 0.618. The fraction of sp³-hybridized carbons (Fsp3) is 0.417. The van der Waals surface area contributed by atoms with E-state index < -0.39 is 0 Å². The highest BCUT2D eigenvalue weighted by Gasteiger charge is 2.22. The van der Waals surface area contributed by atoms with Gasteiger partial charge in [-0.1, -0.05) is 11.6 Å². The van der Waals surface area contributed by atoms with E-state index in [1.165, 1.54) is 0 Å². The quantitative estimate of drug-likeness (QED) is 0.797. The lowest BCUT2D eigenvalue weighted by atomic mass is 10.2. The summed E-state index contributed by atoms with van der Waals surface area (Å²) in [6.45, 7) is 3.83. The third-order valence-electron chi connectivity index (χ3n) is 2.69. The molecule has 1 unspecified atom stereocenters. The first-order chi connectivity index (χ1) is 8.08. The molecule has 1 amide bonds. The minimum absolute atomic E-state index is 0.00884. The van der Waals surface area contributed by atoms with E-state index in [1.807, 2.05) is 6.92 Å². The average Bonchev–Trinajstić information content (AvgIpc) is 2.32. The number of carbonyl (C=O) groups is 1. The second kappa shape index (κ2) is 5.38. The molecule has 1 fully saturated rings. The van der Waals surface area contributed by atoms with E-state index in [1.54, 1.807) is 23.1 Å². The number of morpholine rings is 1. The van der Waals surface area contributed by atoms with E-state index in [0.29, 0.717) is 30.3 Å². The van der Waals surface area contributed by atoms with Crippen LogP contribution in [0.4, 0.5) is 0 Å². The van der Waals surface area contributed by atoms with Gasteiger partial charge in [-0.05, 0) is 41.1 Å². The predicted octanol–water partition coefficient (Wildman–Crippen LogP) is 2.96. The van der Waals surface area contributed by atoms with Crippen molar-refractivity contribution in [3.8, 4) is 0 Å². The van der Waals surface area contributed by atoms with Crippen LogP contribution in [0.25, 0.3) is 0 Å². The van der Waals surface area contributed by atoms with Gasteiger partial charge in [0, 0.05) is 23.1 Å². The van der Waals surface area contributed by atoms with E-state index in [4.69, 9.17) is 16.3 Å². The van der Waals surface area contributed by atoms with Crippen LogP contribution in [-0.2, 0) is 4.74 Å². The summed E-state index contributed by atoms with van der Waals surface area (Å²) < 4.78 is 6.21. The van der Waals surface area contributed by atoms with Crippen molar-refractivity contribution in [2.24, 2.45) is 0 Å². The second-order valence-corrected chi connectivity index (χ2v) is 5.32. The summed E-state index contributed by atoms with van der Waals surface area (Å²) in [6.07, 6.45) is 0.0959. The van der Waals surface area contributed by atoms with Crippen molar-refractivity contribution in [1.29, 1.82) is 0 Å². The molecule has 3 nitrogen and oxygen atoms in total. The first kappa shape index (κ1) is 12.9. The number of rotatable bonds is 1. The summed E-state index contributed by atoms with van der Waals surface area (Å²) in [6, 6.07) is 5.26. The Bertz CT molecular complexity index is 439. The molecular weight excluding hydrogens is 305 g/mol. The highest BCUT2D eigenvalue weighted by Crippen LogP contribution is 2.24. The molecule has 0 saturated carbocycles. The zero-order valence-corrected chi connectivity index (χ0v) is 11.8. The third kappa shape index (κ3) is 3.00. The van der Waals surface area contributed by atoms with Gasteiger partial charge in [0.05, 0.1) is 17.7 Å². The van der Waals surface area contributed by atoms with Crippen molar-refractivity contribution in [2.75, 3.05) is 19.7 Å². The molecule has 1 aromatic carbocycles. The number of hydrogen-bond donors (Lipinski definition) is 0. The van der Waals surface area contributed by atoms with Crippen LogP contribution in [-0.4, -0.2) is 36.6 Å². The second-order valence-electron chi connectivity index (χ2n) is 4.06. The lowest BCUT2D eigenvalue weighted by Crippen LogP contribution is -2.44. The van der Waals surface area contributed by atoms with Gasteiger partial charge in [-0.25, -0.2) is 0 Å². The van der Waals surface area contributed by atoms with Crippen LogP contribution in [0.3, 0.4) is 0 Å². The van der Waals surface area contributed by atoms with Crippen molar-refractivity contribution >= 4 is 33.4 Å². The molecule has 5 heteroatoms. The highest BCUT2D eigenvalue weighted by molar-refractivity contribution is 9.10. The van der Waals surface area contributed by atoms with Gasteiger partial charge in [-0.2, -0.15) is 0 Å². The Morgan fingerprint density at radius 1 is 1.59 bits per heavy atom. The van der Waals surface area contributed by atoms with Gasteiger partial charge in [0.25, 0.3) is 5.91 Å². The number of ether oxygens (including phenoxy) is 1. The molecule has 1 aromatic rings. The molecule has 1 saturated heterocycles. The monoisotopic (exact) mass is 317 g/mol. The minimum atomic E-state index is 0.00884. The van der Waals surface area contributed by atoms with Crippen LogP contribution < -0.4 is 0 Å². The molecule has 2 rings (SSSR count). The van der Waals surface area contributed by atoms with Crippen LogP contribution in [0.2, 0.25) is 5.02 Å². The molecule has 1 aliphatic rings. The topological polar surface area (TPSA) is 29.5 Å². The van der Waals surface area contributed by atoms with E-state index in [9.17, 15) is 4.79 Å². The largest absolute Gasteiger partial charge is 0.375 e. The van der Waals surface area contributed by atoms with Crippen LogP contribution >= 0.6 is 27.5 Å². The molecule has 1 heterocycles. The van der Waals surface area contributed by atoms with Gasteiger partial charge in [0.1, 0.15) is 0 Å². The third-order valence-corrected chi connectivity index (χ3v) is 3.93. The fourth-order valence-electron chi connectivity index (χ4n) is 1.81. The van der Waals surface area contributed by atoms with Crippen LogP contribution in [0.1, 0.15) is 17.3 Å². The molecule has 1 aliphatic heterocycles. The average molecular weight is 319 g/mol. The zero-order valence-electron chi connectivity index (χ0n) is 9.45. The normalized spacial score (nSPS) is 20.4. The molecule has 0 spiro atoms. The molecule has 17 heavy (non-hydrogen) atoms. The number of benzene rings is 1. The number of amides is 1. The maximum atomic E-state index is 12.2. The fourth-order valence-corrected chi connectivity index (χ4v) is 2.24. The Hall–Kier alpha value is -0.580. The Balaban J connectivity index is 2.15. The van der Waals surface area contributed by atoms with Gasteiger partial charge < -0.3 is 9.64 Å². The number of carbonyl (C=O) groups excluding carboxylic acids is 1. The van der Waals surface area contributed by atoms with Crippen LogP contribution in [0, 0.1) is 0 Å². The molecule has 0 radical (unpaired) electrons. The van der Waals surface area contributed by atoms with Crippen molar-refractivity contribution < 1.29 is 9.53 Å². The van der Waals surface area contributed by atoms with Gasteiger partial charge >= 0.3 is 0 Å². The Kier molecular flexibility index (Phi) is 4.07. The smallest absolute Gasteiger partial charge is 0.254 e.